The number of nitrogens with zero attached hydrogens (tertiary/aromatic N) is 4. The van der Waals surface area contributed by atoms with Crippen molar-refractivity contribution in [3.63, 3.8) is 0 Å². The fourth-order valence-corrected chi connectivity index (χ4v) is 3.85. The Morgan fingerprint density at radius 3 is 2.96 bits per heavy atom. The Hall–Kier alpha value is -1.82. The van der Waals surface area contributed by atoms with Crippen molar-refractivity contribution in [3.8, 4) is 0 Å². The van der Waals surface area contributed by atoms with E-state index in [1.54, 1.807) is 0 Å². The highest BCUT2D eigenvalue weighted by atomic mass is 32.1. The predicted octanol–water partition coefficient (Wildman–Crippen LogP) is 3.12. The Balaban J connectivity index is 1.66. The summed E-state index contributed by atoms with van der Waals surface area (Å²) >= 11 is 1.24. The van der Waals surface area contributed by atoms with Crippen LogP contribution in [0.1, 0.15) is 53.5 Å². The number of aromatic nitrogens is 3. The molecule has 1 amide bonds. The summed E-state index contributed by atoms with van der Waals surface area (Å²) in [6, 6.07) is 4.42. The van der Waals surface area contributed by atoms with E-state index in [-0.39, 0.29) is 5.91 Å². The molecule has 0 aliphatic carbocycles. The third kappa shape index (κ3) is 3.75. The van der Waals surface area contributed by atoms with Crippen LogP contribution in [0.3, 0.4) is 0 Å². The highest BCUT2D eigenvalue weighted by Crippen LogP contribution is 2.26. The van der Waals surface area contributed by atoms with Gasteiger partial charge < -0.3 is 4.90 Å². The minimum absolute atomic E-state index is 0.126. The minimum Gasteiger partial charge on any atom is -0.335 e. The van der Waals surface area contributed by atoms with Crippen molar-refractivity contribution in [1.82, 2.24) is 19.5 Å². The van der Waals surface area contributed by atoms with Gasteiger partial charge in [0.2, 0.25) is 0 Å². The topological polar surface area (TPSA) is 59.0 Å². The van der Waals surface area contributed by atoms with E-state index in [1.165, 1.54) is 17.1 Å². The maximum atomic E-state index is 12.9. The van der Waals surface area contributed by atoms with Gasteiger partial charge in [0.15, 0.2) is 0 Å². The predicted molar refractivity (Wildman–Crippen MR) is 90.5 cm³/mol. The van der Waals surface area contributed by atoms with Crippen LogP contribution in [0.2, 0.25) is 0 Å². The number of likely N-dealkylation sites (tertiary alicyclic amines) is 1. The summed E-state index contributed by atoms with van der Waals surface area (Å²) in [5.41, 5.74) is 2.15. The van der Waals surface area contributed by atoms with Gasteiger partial charge in [-0.3, -0.25) is 9.78 Å². The summed E-state index contributed by atoms with van der Waals surface area (Å²) < 4.78 is 3.99. The second kappa shape index (κ2) is 7.64. The first-order valence-electron chi connectivity index (χ1n) is 8.30. The van der Waals surface area contributed by atoms with Gasteiger partial charge in [0.25, 0.3) is 5.91 Å². The van der Waals surface area contributed by atoms with Gasteiger partial charge in [-0.2, -0.15) is 0 Å². The monoisotopic (exact) mass is 330 g/mol. The smallest absolute Gasteiger partial charge is 0.267 e. The van der Waals surface area contributed by atoms with E-state index in [0.717, 1.165) is 55.6 Å². The van der Waals surface area contributed by atoms with Crippen LogP contribution in [0.25, 0.3) is 0 Å². The van der Waals surface area contributed by atoms with Gasteiger partial charge in [-0.1, -0.05) is 17.8 Å². The van der Waals surface area contributed by atoms with E-state index in [0.29, 0.717) is 6.04 Å². The van der Waals surface area contributed by atoms with Crippen molar-refractivity contribution in [3.05, 3.63) is 40.7 Å². The van der Waals surface area contributed by atoms with Crippen LogP contribution in [0.5, 0.6) is 0 Å². The van der Waals surface area contributed by atoms with Gasteiger partial charge >= 0.3 is 0 Å². The normalized spacial score (nSPS) is 17.6. The molecule has 0 spiro atoms. The van der Waals surface area contributed by atoms with Gasteiger partial charge in [-0.15, -0.1) is 5.10 Å². The van der Waals surface area contributed by atoms with E-state index in [9.17, 15) is 4.79 Å². The fraction of sp³-hybridized carbons (Fsp3) is 0.529. The molecule has 2 aromatic heterocycles. The average molecular weight is 330 g/mol. The molecule has 1 fully saturated rings. The van der Waals surface area contributed by atoms with Crippen molar-refractivity contribution in [2.24, 2.45) is 0 Å². The molecular formula is C17H22N4OS. The van der Waals surface area contributed by atoms with Crippen LogP contribution in [0, 0.1) is 0 Å². The summed E-state index contributed by atoms with van der Waals surface area (Å²) in [5.74, 6) is 0.126. The molecule has 0 saturated carbocycles. The Labute approximate surface area is 140 Å². The van der Waals surface area contributed by atoms with Gasteiger partial charge in [-0.25, -0.2) is 0 Å². The lowest BCUT2D eigenvalue weighted by molar-refractivity contribution is 0.0734. The number of hydrogen-bond donors (Lipinski definition) is 0. The third-order valence-corrected chi connectivity index (χ3v) is 5.15. The van der Waals surface area contributed by atoms with Gasteiger partial charge in [0.05, 0.1) is 5.69 Å². The van der Waals surface area contributed by atoms with Crippen molar-refractivity contribution >= 4 is 17.4 Å². The lowest BCUT2D eigenvalue weighted by Gasteiger charge is -2.24. The molecule has 3 rings (SSSR count). The van der Waals surface area contributed by atoms with Gasteiger partial charge in [-0.05, 0) is 61.3 Å². The highest BCUT2D eigenvalue weighted by molar-refractivity contribution is 7.08. The SMILES string of the molecule is CCCc1nnsc1C(=O)N1CCC[C@H]1CCc1ccncc1. The van der Waals surface area contributed by atoms with E-state index < -0.39 is 0 Å². The maximum absolute atomic E-state index is 12.9. The highest BCUT2D eigenvalue weighted by Gasteiger charge is 2.31. The first-order chi connectivity index (χ1) is 11.3. The zero-order chi connectivity index (χ0) is 16.1. The Morgan fingerprint density at radius 1 is 1.35 bits per heavy atom. The molecule has 122 valence electrons. The molecule has 1 saturated heterocycles. The van der Waals surface area contributed by atoms with Crippen molar-refractivity contribution < 1.29 is 4.79 Å². The van der Waals surface area contributed by atoms with E-state index >= 15 is 0 Å². The van der Waals surface area contributed by atoms with Crippen molar-refractivity contribution in [2.75, 3.05) is 6.54 Å². The van der Waals surface area contributed by atoms with Crippen molar-refractivity contribution in [2.45, 2.75) is 51.5 Å². The molecule has 5 nitrogen and oxygen atoms in total. The molecular weight excluding hydrogens is 308 g/mol. The number of carbonyl (C=O) groups excluding carboxylic acids is 1. The zero-order valence-corrected chi connectivity index (χ0v) is 14.3. The van der Waals surface area contributed by atoms with Crippen LogP contribution >= 0.6 is 11.5 Å². The summed E-state index contributed by atoms with van der Waals surface area (Å²) in [5, 5.41) is 4.13. The lowest BCUT2D eigenvalue weighted by atomic mass is 10.0. The first kappa shape index (κ1) is 16.1. The Kier molecular flexibility index (Phi) is 5.33. The summed E-state index contributed by atoms with van der Waals surface area (Å²) in [6.45, 7) is 2.95. The zero-order valence-electron chi connectivity index (χ0n) is 13.4. The Morgan fingerprint density at radius 2 is 2.17 bits per heavy atom. The second-order valence-electron chi connectivity index (χ2n) is 5.99. The van der Waals surface area contributed by atoms with Crippen molar-refractivity contribution in [1.29, 1.82) is 0 Å². The largest absolute Gasteiger partial charge is 0.335 e. The summed E-state index contributed by atoms with van der Waals surface area (Å²) in [7, 11) is 0. The van der Waals surface area contributed by atoms with E-state index in [2.05, 4.69) is 21.5 Å². The molecule has 6 heteroatoms. The molecule has 1 atom stereocenters. The molecule has 0 aromatic carbocycles. The molecule has 0 N–H and O–H groups in total. The summed E-state index contributed by atoms with van der Waals surface area (Å²) in [4.78, 5) is 19.7. The molecule has 3 heterocycles. The molecule has 23 heavy (non-hydrogen) atoms. The van der Waals surface area contributed by atoms with Crippen LogP contribution in [-0.2, 0) is 12.8 Å². The third-order valence-electron chi connectivity index (χ3n) is 4.39. The number of hydrogen-bond acceptors (Lipinski definition) is 5. The number of rotatable bonds is 6. The van der Waals surface area contributed by atoms with Gasteiger partial charge in [0, 0.05) is 25.0 Å². The van der Waals surface area contributed by atoms with E-state index in [1.807, 2.05) is 29.4 Å². The van der Waals surface area contributed by atoms with E-state index in [4.69, 9.17) is 0 Å². The number of aryl methyl sites for hydroxylation is 2. The number of pyridine rings is 1. The maximum Gasteiger partial charge on any atom is 0.267 e. The molecule has 1 aliphatic rings. The first-order valence-corrected chi connectivity index (χ1v) is 9.08. The van der Waals surface area contributed by atoms with Gasteiger partial charge in [0.1, 0.15) is 4.88 Å². The fourth-order valence-electron chi connectivity index (χ4n) is 3.19. The molecule has 1 aliphatic heterocycles. The standard InChI is InChI=1S/C17H22N4OS/c1-2-4-15-16(23-20-19-15)17(22)21-12-3-5-14(21)7-6-13-8-10-18-11-9-13/h8-11,14H,2-7,12H2,1H3/t14-/m0/s1. The second-order valence-corrected chi connectivity index (χ2v) is 6.74. The average Bonchev–Trinajstić information content (AvgIpc) is 3.23. The van der Waals surface area contributed by atoms with Crippen LogP contribution < -0.4 is 0 Å². The molecule has 0 radical (unpaired) electrons. The van der Waals surface area contributed by atoms with Crippen LogP contribution in [-0.4, -0.2) is 38.0 Å². The molecule has 2 aromatic rings. The Bertz CT molecular complexity index is 643. The number of amides is 1. The lowest BCUT2D eigenvalue weighted by Crippen LogP contribution is -2.35. The quantitative estimate of drug-likeness (QED) is 0.816. The summed E-state index contributed by atoms with van der Waals surface area (Å²) in [6.07, 6.45) is 9.63. The minimum atomic E-state index is 0.126. The number of carbonyl (C=O) groups is 1. The van der Waals surface area contributed by atoms with Crippen LogP contribution in [0.15, 0.2) is 24.5 Å². The molecule has 0 unspecified atom stereocenters. The molecule has 0 bridgehead atoms. The van der Waals surface area contributed by atoms with Crippen LogP contribution in [0.4, 0.5) is 0 Å².